The first-order chi connectivity index (χ1) is 8.63. The molecule has 0 spiro atoms. The number of hydrogen-bond acceptors (Lipinski definition) is 4. The van der Waals surface area contributed by atoms with Crippen LogP contribution in [0.4, 0.5) is 11.4 Å². The van der Waals surface area contributed by atoms with Crippen LogP contribution in [0, 0.1) is 6.92 Å². The van der Waals surface area contributed by atoms with Gasteiger partial charge in [0.25, 0.3) is 0 Å². The maximum Gasteiger partial charge on any atom is 0.238 e. The number of sulfonamides is 1. The van der Waals surface area contributed by atoms with Crippen molar-refractivity contribution in [2.45, 2.75) is 44.0 Å². The quantitative estimate of drug-likeness (QED) is 0.807. The van der Waals surface area contributed by atoms with E-state index in [4.69, 9.17) is 10.9 Å². The summed E-state index contributed by atoms with van der Waals surface area (Å²) in [6.07, 6.45) is 2.16. The lowest BCUT2D eigenvalue weighted by Crippen LogP contribution is -2.38. The average Bonchev–Trinajstić information content (AvgIpc) is 2.59. The zero-order valence-corrected chi connectivity index (χ0v) is 12.4. The van der Waals surface area contributed by atoms with Crippen molar-refractivity contribution in [2.24, 2.45) is 5.14 Å². The molecule has 2 rings (SSSR count). The number of hydrogen-bond donors (Lipinski definition) is 2. The molecule has 0 aliphatic carbocycles. The molecule has 1 aromatic carbocycles. The van der Waals surface area contributed by atoms with Crippen molar-refractivity contribution in [3.63, 3.8) is 0 Å². The number of nitrogens with zero attached hydrogens (tertiary/aromatic N) is 1. The van der Waals surface area contributed by atoms with Crippen LogP contribution in [0.25, 0.3) is 0 Å². The maximum atomic E-state index is 11.6. The molecule has 1 aromatic rings. The molecule has 6 heteroatoms. The Bertz CT molecular complexity index is 609. The minimum absolute atomic E-state index is 0.00812. The third-order valence-electron chi connectivity index (χ3n) is 3.85. The molecule has 0 atom stereocenters. The summed E-state index contributed by atoms with van der Waals surface area (Å²) < 4.78 is 23.3. The Kier molecular flexibility index (Phi) is 3.26. The fourth-order valence-corrected chi connectivity index (χ4v) is 3.66. The number of benzene rings is 1. The lowest BCUT2D eigenvalue weighted by atomic mass is 10.0. The van der Waals surface area contributed by atoms with E-state index in [0.29, 0.717) is 11.3 Å². The van der Waals surface area contributed by atoms with E-state index in [-0.39, 0.29) is 10.4 Å². The molecule has 106 valence electrons. The van der Waals surface area contributed by atoms with Gasteiger partial charge in [-0.05, 0) is 51.3 Å². The van der Waals surface area contributed by atoms with Crippen molar-refractivity contribution in [3.05, 3.63) is 17.7 Å². The zero-order chi connectivity index (χ0) is 14.4. The standard InChI is InChI=1S/C13H21N3O2S/c1-9-11(16-6-4-5-13(16,2)3)7-10(14)8-12(9)19(15,17)18/h7-8H,4-6,14H2,1-3H3,(H2,15,17,18). The molecule has 5 nitrogen and oxygen atoms in total. The van der Waals surface area contributed by atoms with Crippen molar-refractivity contribution in [1.82, 2.24) is 0 Å². The summed E-state index contributed by atoms with van der Waals surface area (Å²) in [6.45, 7) is 6.99. The summed E-state index contributed by atoms with van der Waals surface area (Å²) in [5.74, 6) is 0. The molecule has 0 aromatic heterocycles. The fraction of sp³-hybridized carbons (Fsp3) is 0.538. The van der Waals surface area contributed by atoms with Gasteiger partial charge in [0.15, 0.2) is 0 Å². The van der Waals surface area contributed by atoms with Gasteiger partial charge in [-0.3, -0.25) is 0 Å². The van der Waals surface area contributed by atoms with E-state index in [9.17, 15) is 8.42 Å². The lowest BCUT2D eigenvalue weighted by molar-refractivity contribution is 0.517. The van der Waals surface area contributed by atoms with Gasteiger partial charge in [0.2, 0.25) is 10.0 Å². The zero-order valence-electron chi connectivity index (χ0n) is 11.6. The first-order valence-corrected chi connectivity index (χ1v) is 7.88. The fourth-order valence-electron chi connectivity index (χ4n) is 2.82. The Balaban J connectivity index is 2.62. The third-order valence-corrected chi connectivity index (χ3v) is 4.89. The van der Waals surface area contributed by atoms with Gasteiger partial charge in [0.05, 0.1) is 4.90 Å². The second-order valence-corrected chi connectivity index (χ2v) is 7.31. The van der Waals surface area contributed by atoms with E-state index in [1.165, 1.54) is 6.07 Å². The molecule has 0 saturated carbocycles. The molecular weight excluding hydrogens is 262 g/mol. The van der Waals surface area contributed by atoms with Crippen LogP contribution < -0.4 is 15.8 Å². The van der Waals surface area contributed by atoms with E-state index in [2.05, 4.69) is 18.7 Å². The summed E-state index contributed by atoms with van der Waals surface area (Å²) in [7, 11) is -3.75. The van der Waals surface area contributed by atoms with E-state index < -0.39 is 10.0 Å². The number of primary sulfonamides is 1. The van der Waals surface area contributed by atoms with Gasteiger partial charge < -0.3 is 10.6 Å². The van der Waals surface area contributed by atoms with Gasteiger partial charge >= 0.3 is 0 Å². The van der Waals surface area contributed by atoms with E-state index >= 15 is 0 Å². The highest BCUT2D eigenvalue weighted by molar-refractivity contribution is 7.89. The monoisotopic (exact) mass is 283 g/mol. The van der Waals surface area contributed by atoms with Crippen LogP contribution in [-0.2, 0) is 10.0 Å². The van der Waals surface area contributed by atoms with Crippen molar-refractivity contribution in [1.29, 1.82) is 0 Å². The highest BCUT2D eigenvalue weighted by Gasteiger charge is 2.33. The van der Waals surface area contributed by atoms with Gasteiger partial charge in [-0.15, -0.1) is 0 Å². The Morgan fingerprint density at radius 2 is 1.95 bits per heavy atom. The van der Waals surface area contributed by atoms with E-state index in [1.807, 2.05) is 6.07 Å². The van der Waals surface area contributed by atoms with Crippen LogP contribution in [-0.4, -0.2) is 20.5 Å². The molecule has 0 bridgehead atoms. The highest BCUT2D eigenvalue weighted by atomic mass is 32.2. The number of anilines is 2. The van der Waals surface area contributed by atoms with Crippen LogP contribution in [0.2, 0.25) is 0 Å². The van der Waals surface area contributed by atoms with Crippen LogP contribution in [0.5, 0.6) is 0 Å². The molecule has 0 unspecified atom stereocenters. The summed E-state index contributed by atoms with van der Waals surface area (Å²) in [4.78, 5) is 2.33. The van der Waals surface area contributed by atoms with Crippen LogP contribution >= 0.6 is 0 Å². The average molecular weight is 283 g/mol. The van der Waals surface area contributed by atoms with Gasteiger partial charge in [-0.1, -0.05) is 0 Å². The van der Waals surface area contributed by atoms with Gasteiger partial charge in [-0.2, -0.15) is 0 Å². The predicted molar refractivity (Wildman–Crippen MR) is 77.6 cm³/mol. The summed E-state index contributed by atoms with van der Waals surface area (Å²) >= 11 is 0. The highest BCUT2D eigenvalue weighted by Crippen LogP contribution is 2.38. The number of rotatable bonds is 2. The van der Waals surface area contributed by atoms with Crippen LogP contribution in [0.15, 0.2) is 17.0 Å². The molecule has 1 fully saturated rings. The first kappa shape index (κ1) is 14.1. The Morgan fingerprint density at radius 1 is 1.32 bits per heavy atom. The second-order valence-electron chi connectivity index (χ2n) is 5.78. The number of nitrogens with two attached hydrogens (primary N) is 2. The maximum absolute atomic E-state index is 11.6. The summed E-state index contributed by atoms with van der Waals surface area (Å²) in [6, 6.07) is 3.26. The van der Waals surface area contributed by atoms with Gasteiger partial charge in [0.1, 0.15) is 0 Å². The normalized spacial score (nSPS) is 18.8. The molecule has 0 amide bonds. The molecular formula is C13H21N3O2S. The second kappa shape index (κ2) is 4.38. The third kappa shape index (κ3) is 2.55. The Labute approximate surface area is 114 Å². The van der Waals surface area contributed by atoms with Crippen LogP contribution in [0.3, 0.4) is 0 Å². The molecule has 1 saturated heterocycles. The SMILES string of the molecule is Cc1c(N2CCCC2(C)C)cc(N)cc1S(N)(=O)=O. The van der Waals surface area contributed by atoms with E-state index in [1.54, 1.807) is 6.92 Å². The largest absolute Gasteiger partial charge is 0.399 e. The van der Waals surface area contributed by atoms with Crippen molar-refractivity contribution >= 4 is 21.4 Å². The lowest BCUT2D eigenvalue weighted by Gasteiger charge is -2.35. The van der Waals surface area contributed by atoms with Crippen molar-refractivity contribution in [3.8, 4) is 0 Å². The van der Waals surface area contributed by atoms with E-state index in [0.717, 1.165) is 25.1 Å². The summed E-state index contributed by atoms with van der Waals surface area (Å²) in [5, 5.41) is 5.26. The van der Waals surface area contributed by atoms with Crippen LogP contribution in [0.1, 0.15) is 32.3 Å². The first-order valence-electron chi connectivity index (χ1n) is 6.33. The van der Waals surface area contributed by atoms with Gasteiger partial charge in [-0.25, -0.2) is 13.6 Å². The minimum atomic E-state index is -3.75. The number of nitrogen functional groups attached to an aromatic ring is 1. The molecule has 4 N–H and O–H groups in total. The molecule has 1 heterocycles. The Hall–Kier alpha value is -1.27. The van der Waals surface area contributed by atoms with Crippen molar-refractivity contribution < 1.29 is 8.42 Å². The Morgan fingerprint density at radius 3 is 2.42 bits per heavy atom. The summed E-state index contributed by atoms with van der Waals surface area (Å²) in [5.41, 5.74) is 7.81. The van der Waals surface area contributed by atoms with Crippen molar-refractivity contribution in [2.75, 3.05) is 17.2 Å². The molecule has 1 aliphatic heterocycles. The molecule has 1 aliphatic rings. The minimum Gasteiger partial charge on any atom is -0.399 e. The predicted octanol–water partition coefficient (Wildman–Crippen LogP) is 1.60. The topological polar surface area (TPSA) is 89.4 Å². The molecule has 0 radical (unpaired) electrons. The van der Waals surface area contributed by atoms with Gasteiger partial charge in [0, 0.05) is 23.5 Å². The molecule has 19 heavy (non-hydrogen) atoms. The smallest absolute Gasteiger partial charge is 0.238 e.